The van der Waals surface area contributed by atoms with Gasteiger partial charge in [0.2, 0.25) is 0 Å². The van der Waals surface area contributed by atoms with E-state index in [1.807, 2.05) is 13.8 Å². The summed E-state index contributed by atoms with van der Waals surface area (Å²) in [7, 11) is 3.85. The second-order valence-electron chi connectivity index (χ2n) is 13.8. The van der Waals surface area contributed by atoms with Crippen molar-refractivity contribution in [1.82, 2.24) is 0 Å². The Bertz CT molecular complexity index is 1110. The molecular formula is C34H49NO3. The van der Waals surface area contributed by atoms with Crippen LogP contribution in [0.15, 0.2) is 35.9 Å². The van der Waals surface area contributed by atoms with Crippen LogP contribution in [-0.4, -0.2) is 47.7 Å². The molecule has 0 heterocycles. The van der Waals surface area contributed by atoms with Crippen molar-refractivity contribution in [3.05, 3.63) is 41.5 Å². The number of fused-ring (bicyclic) bond motifs is 5. The molecule has 0 radical (unpaired) electrons. The van der Waals surface area contributed by atoms with E-state index in [2.05, 4.69) is 74.9 Å². The fourth-order valence-corrected chi connectivity index (χ4v) is 8.55. The fourth-order valence-electron chi connectivity index (χ4n) is 8.55. The Hall–Kier alpha value is -1.80. The Morgan fingerprint density at radius 1 is 1.08 bits per heavy atom. The third kappa shape index (κ3) is 4.63. The van der Waals surface area contributed by atoms with Crippen molar-refractivity contribution < 1.29 is 14.9 Å². The van der Waals surface area contributed by atoms with E-state index in [1.54, 1.807) is 7.11 Å². The number of aliphatic hydroxyl groups excluding tert-OH is 1. The molecule has 0 aromatic heterocycles. The molecule has 0 bridgehead atoms. The maximum Gasteiger partial charge on any atom is 0.131 e. The lowest BCUT2D eigenvalue weighted by Crippen LogP contribution is -2.55. The molecule has 4 aliphatic carbocycles. The third-order valence-electron chi connectivity index (χ3n) is 11.2. The molecule has 3 saturated carbocycles. The third-order valence-corrected chi connectivity index (χ3v) is 11.2. The average Bonchev–Trinajstić information content (AvgIpc) is 3.17. The topological polar surface area (TPSA) is 52.9 Å². The Morgan fingerprint density at radius 2 is 1.79 bits per heavy atom. The van der Waals surface area contributed by atoms with Gasteiger partial charge < -0.3 is 19.8 Å². The van der Waals surface area contributed by atoms with Gasteiger partial charge in [0.1, 0.15) is 11.2 Å². The molecule has 0 spiro atoms. The van der Waals surface area contributed by atoms with Gasteiger partial charge in [-0.3, -0.25) is 0 Å². The maximum atomic E-state index is 12.2. The van der Waals surface area contributed by atoms with E-state index >= 15 is 0 Å². The highest BCUT2D eigenvalue weighted by Crippen LogP contribution is 2.68. The minimum absolute atomic E-state index is 0.265. The van der Waals surface area contributed by atoms with Crippen LogP contribution < -0.4 is 4.90 Å². The van der Waals surface area contributed by atoms with Crippen LogP contribution in [0.4, 0.5) is 5.69 Å². The number of rotatable bonds is 4. The first-order valence-electron chi connectivity index (χ1n) is 14.9. The molecule has 1 aromatic carbocycles. The first-order valence-corrected chi connectivity index (χ1v) is 14.9. The van der Waals surface area contributed by atoms with Crippen LogP contribution in [0.1, 0.15) is 91.0 Å². The summed E-state index contributed by atoms with van der Waals surface area (Å²) < 4.78 is 5.59. The van der Waals surface area contributed by atoms with Crippen molar-refractivity contribution in [3.63, 3.8) is 0 Å². The van der Waals surface area contributed by atoms with Gasteiger partial charge in [-0.05, 0) is 120 Å². The minimum atomic E-state index is -1.01. The molecule has 8 atom stereocenters. The number of methoxy groups -OCH3 is 1. The number of allylic oxidation sites excluding steroid dienone is 1. The first-order chi connectivity index (χ1) is 17.9. The number of hydrogen-bond donors (Lipinski definition) is 2. The Balaban J connectivity index is 1.56. The standard InChI is InChI=1S/C34H49NO3/c1-22(2)35(6)25-11-8-23(9-12-25)29-21-33(5)30(16-17-34(33,37)19-18-32(3,4)38-7)28-14-10-24-20-26(36)13-15-27(24)31(28)29/h8-9,11-12,20,22,26-31,36-37H,10,13-17,21H2,1-7H3/t26?,27-,28-,29+,30-,31+,33-,34+/m0/s1. The summed E-state index contributed by atoms with van der Waals surface area (Å²) in [5, 5.41) is 22.6. The Kier molecular flexibility index (Phi) is 7.30. The van der Waals surface area contributed by atoms with Crippen LogP contribution in [0.5, 0.6) is 0 Å². The monoisotopic (exact) mass is 519 g/mol. The van der Waals surface area contributed by atoms with Gasteiger partial charge in [0.25, 0.3) is 0 Å². The Labute approximate surface area is 230 Å². The number of aliphatic hydroxyl groups is 2. The molecule has 4 aliphatic rings. The summed E-state index contributed by atoms with van der Waals surface area (Å²) in [6, 6.07) is 9.71. The van der Waals surface area contributed by atoms with E-state index in [4.69, 9.17) is 4.74 Å². The zero-order valence-corrected chi connectivity index (χ0v) is 24.6. The Morgan fingerprint density at radius 3 is 2.45 bits per heavy atom. The quantitative estimate of drug-likeness (QED) is 0.361. The van der Waals surface area contributed by atoms with Crippen LogP contribution in [0.25, 0.3) is 0 Å². The molecule has 5 rings (SSSR count). The van der Waals surface area contributed by atoms with Crippen molar-refractivity contribution in [2.75, 3.05) is 19.1 Å². The average molecular weight is 520 g/mol. The highest BCUT2D eigenvalue weighted by atomic mass is 16.5. The van der Waals surface area contributed by atoms with Gasteiger partial charge in [0.05, 0.1) is 6.10 Å². The highest BCUT2D eigenvalue weighted by Gasteiger charge is 2.64. The van der Waals surface area contributed by atoms with Crippen LogP contribution >= 0.6 is 0 Å². The van der Waals surface area contributed by atoms with E-state index < -0.39 is 11.2 Å². The second-order valence-corrected chi connectivity index (χ2v) is 13.8. The highest BCUT2D eigenvalue weighted by molar-refractivity contribution is 5.48. The maximum absolute atomic E-state index is 12.2. The van der Waals surface area contributed by atoms with Crippen LogP contribution in [-0.2, 0) is 4.74 Å². The van der Waals surface area contributed by atoms with Gasteiger partial charge in [-0.15, -0.1) is 0 Å². The van der Waals surface area contributed by atoms with Crippen molar-refractivity contribution in [2.45, 2.75) is 109 Å². The van der Waals surface area contributed by atoms with Crippen LogP contribution in [0.2, 0.25) is 0 Å². The normalized spacial score (nSPS) is 38.4. The van der Waals surface area contributed by atoms with E-state index in [9.17, 15) is 10.2 Å². The zero-order valence-electron chi connectivity index (χ0n) is 24.6. The molecule has 1 unspecified atom stereocenters. The van der Waals surface area contributed by atoms with Gasteiger partial charge in [0.15, 0.2) is 0 Å². The van der Waals surface area contributed by atoms with Gasteiger partial charge in [0, 0.05) is 31.3 Å². The molecular weight excluding hydrogens is 470 g/mol. The molecule has 2 N–H and O–H groups in total. The van der Waals surface area contributed by atoms with E-state index in [0.29, 0.717) is 35.6 Å². The van der Waals surface area contributed by atoms with Crippen LogP contribution in [0, 0.1) is 40.9 Å². The summed E-state index contributed by atoms with van der Waals surface area (Å²) in [5.74, 6) is 9.17. The van der Waals surface area contributed by atoms with Gasteiger partial charge in [-0.25, -0.2) is 0 Å². The van der Waals surface area contributed by atoms with Gasteiger partial charge in [-0.2, -0.15) is 0 Å². The van der Waals surface area contributed by atoms with Crippen molar-refractivity contribution in [1.29, 1.82) is 0 Å². The summed E-state index contributed by atoms with van der Waals surface area (Å²) in [4.78, 5) is 2.32. The first kappa shape index (κ1) is 27.8. The van der Waals surface area contributed by atoms with Gasteiger partial charge in [-0.1, -0.05) is 42.5 Å². The van der Waals surface area contributed by atoms with E-state index in [0.717, 1.165) is 44.9 Å². The molecule has 0 amide bonds. The molecule has 4 nitrogen and oxygen atoms in total. The number of benzene rings is 1. The van der Waals surface area contributed by atoms with Crippen molar-refractivity contribution in [3.8, 4) is 11.8 Å². The predicted molar refractivity (Wildman–Crippen MR) is 155 cm³/mol. The number of hydrogen-bond acceptors (Lipinski definition) is 4. The lowest BCUT2D eigenvalue weighted by atomic mass is 9.46. The smallest absolute Gasteiger partial charge is 0.131 e. The second kappa shape index (κ2) is 9.99. The zero-order chi connectivity index (χ0) is 27.5. The summed E-state index contributed by atoms with van der Waals surface area (Å²) in [6.07, 6.45) is 8.80. The largest absolute Gasteiger partial charge is 0.389 e. The number of nitrogens with zero attached hydrogens (tertiary/aromatic N) is 1. The summed E-state index contributed by atoms with van der Waals surface area (Å²) >= 11 is 0. The van der Waals surface area contributed by atoms with Crippen molar-refractivity contribution >= 4 is 5.69 Å². The molecule has 0 aliphatic heterocycles. The molecule has 1 aromatic rings. The van der Waals surface area contributed by atoms with Gasteiger partial charge >= 0.3 is 0 Å². The van der Waals surface area contributed by atoms with Crippen molar-refractivity contribution in [2.24, 2.45) is 29.1 Å². The summed E-state index contributed by atoms with van der Waals surface area (Å²) in [6.45, 7) is 10.7. The lowest BCUT2D eigenvalue weighted by Gasteiger charge is -2.58. The minimum Gasteiger partial charge on any atom is -0.389 e. The lowest BCUT2D eigenvalue weighted by molar-refractivity contribution is -0.0967. The number of ether oxygens (including phenoxy) is 1. The fraction of sp³-hybridized carbons (Fsp3) is 0.706. The summed E-state index contributed by atoms with van der Waals surface area (Å²) in [5.41, 5.74) is 2.28. The SMILES string of the molecule is COC(C)(C)C#C[C@]1(O)CC[C@H]2[C@@H]3CCC4=CC(O)CC[C@@H]4[C@H]3[C@@H](c3ccc(N(C)C(C)C)cc3)C[C@@]21C. The molecule has 3 fully saturated rings. The predicted octanol–water partition coefficient (Wildman–Crippen LogP) is 6.32. The van der Waals surface area contributed by atoms with E-state index in [1.165, 1.54) is 16.8 Å². The van der Waals surface area contributed by atoms with E-state index in [-0.39, 0.29) is 11.5 Å². The molecule has 208 valence electrons. The van der Waals surface area contributed by atoms with Crippen LogP contribution in [0.3, 0.4) is 0 Å². The molecule has 38 heavy (non-hydrogen) atoms. The number of anilines is 1. The molecule has 0 saturated heterocycles. The molecule has 4 heteroatoms.